The summed E-state index contributed by atoms with van der Waals surface area (Å²) in [6.07, 6.45) is 0.860. The Hall–Kier alpha value is -2.86. The van der Waals surface area contributed by atoms with Crippen molar-refractivity contribution in [3.63, 3.8) is 0 Å². The molecule has 2 aromatic carbocycles. The first-order chi connectivity index (χ1) is 12.5. The van der Waals surface area contributed by atoms with Crippen LogP contribution in [0.3, 0.4) is 0 Å². The van der Waals surface area contributed by atoms with Gasteiger partial charge >= 0.3 is 0 Å². The highest BCUT2D eigenvalue weighted by molar-refractivity contribution is 6.05. The summed E-state index contributed by atoms with van der Waals surface area (Å²) < 4.78 is 5.52. The number of rotatable bonds is 6. The molecule has 0 unspecified atom stereocenters. The Morgan fingerprint density at radius 3 is 2.69 bits per heavy atom. The van der Waals surface area contributed by atoms with Crippen LogP contribution in [0.4, 0.5) is 11.4 Å². The summed E-state index contributed by atoms with van der Waals surface area (Å²) in [6, 6.07) is 14.4. The van der Waals surface area contributed by atoms with E-state index in [2.05, 4.69) is 10.2 Å². The maximum Gasteiger partial charge on any atom is 0.265 e. The summed E-state index contributed by atoms with van der Waals surface area (Å²) in [6.45, 7) is 1.55. The van der Waals surface area contributed by atoms with Crippen molar-refractivity contribution in [2.75, 3.05) is 44.0 Å². The second-order valence-corrected chi connectivity index (χ2v) is 6.49. The van der Waals surface area contributed by atoms with Crippen molar-refractivity contribution in [3.8, 4) is 5.75 Å². The fourth-order valence-corrected chi connectivity index (χ4v) is 2.86. The highest BCUT2D eigenvalue weighted by atomic mass is 16.5. The van der Waals surface area contributed by atoms with Gasteiger partial charge in [0.15, 0.2) is 6.61 Å². The maximum atomic E-state index is 12.3. The molecule has 1 aliphatic rings. The number of ether oxygens (including phenoxy) is 1. The quantitative estimate of drug-likeness (QED) is 0.867. The van der Waals surface area contributed by atoms with Crippen LogP contribution < -0.4 is 15.0 Å². The third kappa shape index (κ3) is 4.21. The average molecular weight is 353 g/mol. The molecule has 1 heterocycles. The molecular formula is C20H23N3O3. The number of anilines is 2. The molecule has 2 aromatic rings. The lowest BCUT2D eigenvalue weighted by Gasteiger charge is -2.30. The number of hydrogen-bond donors (Lipinski definition) is 1. The molecule has 1 aliphatic heterocycles. The van der Waals surface area contributed by atoms with Crippen LogP contribution in [0.5, 0.6) is 5.75 Å². The van der Waals surface area contributed by atoms with Crippen LogP contribution in [0.1, 0.15) is 16.8 Å². The Labute approximate surface area is 153 Å². The van der Waals surface area contributed by atoms with Crippen LogP contribution in [-0.4, -0.2) is 50.5 Å². The Kier molecular flexibility index (Phi) is 5.53. The van der Waals surface area contributed by atoms with Gasteiger partial charge in [0.05, 0.1) is 5.69 Å². The Balaban J connectivity index is 1.77. The van der Waals surface area contributed by atoms with Gasteiger partial charge in [0.2, 0.25) is 0 Å². The monoisotopic (exact) mass is 353 g/mol. The number of fused-ring (bicyclic) bond motifs is 1. The highest BCUT2D eigenvalue weighted by Crippen LogP contribution is 2.34. The molecule has 136 valence electrons. The van der Waals surface area contributed by atoms with Crippen molar-refractivity contribution >= 4 is 23.2 Å². The van der Waals surface area contributed by atoms with Crippen LogP contribution in [0.25, 0.3) is 0 Å². The number of nitrogens with one attached hydrogen (secondary N) is 1. The molecule has 0 bridgehead atoms. The fourth-order valence-electron chi connectivity index (χ4n) is 2.86. The average Bonchev–Trinajstić information content (AvgIpc) is 2.64. The summed E-state index contributed by atoms with van der Waals surface area (Å²) in [4.78, 5) is 28.5. The number of hydrogen-bond acceptors (Lipinski definition) is 4. The minimum Gasteiger partial charge on any atom is -0.482 e. The van der Waals surface area contributed by atoms with Crippen LogP contribution >= 0.6 is 0 Å². The Morgan fingerprint density at radius 1 is 1.19 bits per heavy atom. The predicted octanol–water partition coefficient (Wildman–Crippen LogP) is 2.62. The molecule has 6 nitrogen and oxygen atoms in total. The molecule has 26 heavy (non-hydrogen) atoms. The zero-order chi connectivity index (χ0) is 18.5. The van der Waals surface area contributed by atoms with Gasteiger partial charge in [-0.2, -0.15) is 0 Å². The van der Waals surface area contributed by atoms with E-state index < -0.39 is 0 Å². The van der Waals surface area contributed by atoms with E-state index in [4.69, 9.17) is 4.74 Å². The van der Waals surface area contributed by atoms with E-state index in [9.17, 15) is 9.59 Å². The van der Waals surface area contributed by atoms with E-state index in [1.165, 1.54) is 0 Å². The maximum absolute atomic E-state index is 12.3. The standard InChI is InChI=1S/C20H23N3O3/c1-22(2)11-6-12-23-17-13-16(9-10-18(17)26-14-19(23)24)21-20(25)15-7-4-3-5-8-15/h3-5,7-10,13H,6,11-12,14H2,1-2H3,(H,21,25). The zero-order valence-electron chi connectivity index (χ0n) is 15.1. The van der Waals surface area contributed by atoms with Gasteiger partial charge in [-0.1, -0.05) is 18.2 Å². The fraction of sp³-hybridized carbons (Fsp3) is 0.300. The molecule has 3 rings (SSSR count). The first-order valence-electron chi connectivity index (χ1n) is 8.63. The van der Waals surface area contributed by atoms with Crippen LogP contribution in [0, 0.1) is 0 Å². The van der Waals surface area contributed by atoms with E-state index in [0.29, 0.717) is 29.2 Å². The second kappa shape index (κ2) is 8.01. The van der Waals surface area contributed by atoms with Gasteiger partial charge in [-0.05, 0) is 57.4 Å². The van der Waals surface area contributed by atoms with Gasteiger partial charge in [-0.15, -0.1) is 0 Å². The van der Waals surface area contributed by atoms with Gasteiger partial charge in [0, 0.05) is 17.8 Å². The van der Waals surface area contributed by atoms with Crippen LogP contribution in [0.2, 0.25) is 0 Å². The Morgan fingerprint density at radius 2 is 1.96 bits per heavy atom. The molecule has 2 amide bonds. The molecule has 0 fully saturated rings. The summed E-state index contributed by atoms with van der Waals surface area (Å²) in [7, 11) is 4.01. The highest BCUT2D eigenvalue weighted by Gasteiger charge is 2.25. The third-order valence-corrected chi connectivity index (χ3v) is 4.18. The van der Waals surface area contributed by atoms with Crippen molar-refractivity contribution in [1.82, 2.24) is 4.90 Å². The first-order valence-corrected chi connectivity index (χ1v) is 8.63. The lowest BCUT2D eigenvalue weighted by Crippen LogP contribution is -2.40. The third-order valence-electron chi connectivity index (χ3n) is 4.18. The van der Waals surface area contributed by atoms with Gasteiger partial charge < -0.3 is 19.9 Å². The lowest BCUT2D eigenvalue weighted by atomic mass is 10.1. The van der Waals surface area contributed by atoms with E-state index in [1.54, 1.807) is 35.2 Å². The SMILES string of the molecule is CN(C)CCCN1C(=O)COc2ccc(NC(=O)c3ccccc3)cc21. The molecule has 0 radical (unpaired) electrons. The molecule has 0 aromatic heterocycles. The summed E-state index contributed by atoms with van der Waals surface area (Å²) >= 11 is 0. The zero-order valence-corrected chi connectivity index (χ0v) is 15.1. The first kappa shape index (κ1) is 17.9. The predicted molar refractivity (Wildman–Crippen MR) is 102 cm³/mol. The number of benzene rings is 2. The van der Waals surface area contributed by atoms with E-state index >= 15 is 0 Å². The van der Waals surface area contributed by atoms with E-state index in [-0.39, 0.29) is 18.4 Å². The molecule has 0 atom stereocenters. The topological polar surface area (TPSA) is 61.9 Å². The van der Waals surface area contributed by atoms with Crippen molar-refractivity contribution in [2.45, 2.75) is 6.42 Å². The van der Waals surface area contributed by atoms with Crippen LogP contribution in [-0.2, 0) is 4.79 Å². The summed E-state index contributed by atoms with van der Waals surface area (Å²) in [5, 5.41) is 2.88. The van der Waals surface area contributed by atoms with Crippen molar-refractivity contribution < 1.29 is 14.3 Å². The molecule has 0 aliphatic carbocycles. The number of carbonyl (C=O) groups excluding carboxylic acids is 2. The molecule has 0 spiro atoms. The van der Waals surface area contributed by atoms with Gasteiger partial charge in [-0.25, -0.2) is 0 Å². The molecule has 0 saturated carbocycles. The molecular weight excluding hydrogens is 330 g/mol. The van der Waals surface area contributed by atoms with Gasteiger partial charge in [-0.3, -0.25) is 9.59 Å². The number of carbonyl (C=O) groups is 2. The van der Waals surface area contributed by atoms with Crippen molar-refractivity contribution in [3.05, 3.63) is 54.1 Å². The van der Waals surface area contributed by atoms with Gasteiger partial charge in [0.25, 0.3) is 11.8 Å². The molecule has 6 heteroatoms. The molecule has 0 saturated heterocycles. The minimum atomic E-state index is -0.187. The summed E-state index contributed by atoms with van der Waals surface area (Å²) in [5.74, 6) is 0.405. The van der Waals surface area contributed by atoms with Crippen molar-refractivity contribution in [2.24, 2.45) is 0 Å². The van der Waals surface area contributed by atoms with Gasteiger partial charge in [0.1, 0.15) is 5.75 Å². The van der Waals surface area contributed by atoms with Crippen molar-refractivity contribution in [1.29, 1.82) is 0 Å². The normalized spacial score (nSPS) is 13.3. The van der Waals surface area contributed by atoms with E-state index in [1.807, 2.05) is 32.3 Å². The smallest absolute Gasteiger partial charge is 0.265 e. The molecule has 1 N–H and O–H groups in total. The van der Waals surface area contributed by atoms with E-state index in [0.717, 1.165) is 13.0 Å². The number of amides is 2. The lowest BCUT2D eigenvalue weighted by molar-refractivity contribution is -0.121. The minimum absolute atomic E-state index is 0.0463. The largest absolute Gasteiger partial charge is 0.482 e. The second-order valence-electron chi connectivity index (χ2n) is 6.49. The Bertz CT molecular complexity index is 790. The summed E-state index contributed by atoms with van der Waals surface area (Å²) in [5.41, 5.74) is 1.92. The number of nitrogens with zero attached hydrogens (tertiary/aromatic N) is 2. The van der Waals surface area contributed by atoms with Crippen LogP contribution in [0.15, 0.2) is 48.5 Å².